The Hall–Kier alpha value is -4.45. The number of nitrogens with zero attached hydrogens (tertiary/aromatic N) is 1. The fourth-order valence-electron chi connectivity index (χ4n) is 5.48. The molecule has 0 amide bonds. The first kappa shape index (κ1) is 27.1. The quantitative estimate of drug-likeness (QED) is 0.137. The number of carbonyl (C=O) groups is 1. The van der Waals surface area contributed by atoms with Gasteiger partial charge in [-0.3, -0.25) is 4.79 Å². The molecule has 0 aromatic heterocycles. The number of carboxylic acids is 1. The molecule has 5 nitrogen and oxygen atoms in total. The van der Waals surface area contributed by atoms with Crippen LogP contribution in [0.4, 0.5) is 4.39 Å². The van der Waals surface area contributed by atoms with Crippen LogP contribution >= 0.6 is 0 Å². The number of halogens is 1. The van der Waals surface area contributed by atoms with Crippen molar-refractivity contribution in [2.24, 2.45) is 11.1 Å². The highest BCUT2D eigenvalue weighted by molar-refractivity contribution is 5.93. The molecule has 5 rings (SSSR count). The van der Waals surface area contributed by atoms with Crippen LogP contribution in [0.2, 0.25) is 0 Å². The summed E-state index contributed by atoms with van der Waals surface area (Å²) in [5.41, 5.74) is 3.67. The van der Waals surface area contributed by atoms with Gasteiger partial charge in [-0.05, 0) is 71.3 Å². The summed E-state index contributed by atoms with van der Waals surface area (Å²) in [7, 11) is 0. The van der Waals surface area contributed by atoms with Crippen molar-refractivity contribution in [3.63, 3.8) is 0 Å². The third kappa shape index (κ3) is 6.23. The Morgan fingerprint density at radius 3 is 1.98 bits per heavy atom. The number of ether oxygens (including phenoxy) is 1. The van der Waals surface area contributed by atoms with Gasteiger partial charge in [-0.2, -0.15) is 0 Å². The summed E-state index contributed by atoms with van der Waals surface area (Å²) in [6.45, 7) is 0.629. The summed E-state index contributed by atoms with van der Waals surface area (Å²) in [4.78, 5) is 17.3. The second-order valence-corrected chi connectivity index (χ2v) is 10.2. The molecular weight excluding hydrogens is 505 g/mol. The van der Waals surface area contributed by atoms with E-state index in [1.54, 1.807) is 6.07 Å². The molecule has 0 unspecified atom stereocenters. The molecule has 40 heavy (non-hydrogen) atoms. The van der Waals surface area contributed by atoms with Crippen LogP contribution in [0.15, 0.2) is 114 Å². The molecule has 0 bridgehead atoms. The Morgan fingerprint density at radius 1 is 0.800 bits per heavy atom. The topological polar surface area (TPSA) is 68.1 Å². The maximum Gasteiger partial charge on any atom is 0.306 e. The SMILES string of the molecule is O=C(O)C1CCC(c2ccc(C(=NOCc3ccccc3)OCc3ccccc3)cc2)(c2ccccc2F)CC1. The molecule has 0 radical (unpaired) electrons. The van der Waals surface area contributed by atoms with Crippen LogP contribution < -0.4 is 0 Å². The molecule has 1 aliphatic rings. The lowest BCUT2D eigenvalue weighted by Gasteiger charge is -2.40. The van der Waals surface area contributed by atoms with Gasteiger partial charge >= 0.3 is 5.97 Å². The van der Waals surface area contributed by atoms with E-state index < -0.39 is 17.3 Å². The van der Waals surface area contributed by atoms with Crippen molar-refractivity contribution in [1.82, 2.24) is 0 Å². The first-order valence-electron chi connectivity index (χ1n) is 13.5. The van der Waals surface area contributed by atoms with Crippen LogP contribution in [0.25, 0.3) is 0 Å². The zero-order valence-corrected chi connectivity index (χ0v) is 22.2. The average molecular weight is 538 g/mol. The van der Waals surface area contributed by atoms with Gasteiger partial charge in [-0.1, -0.05) is 91.0 Å². The van der Waals surface area contributed by atoms with Gasteiger partial charge in [0.25, 0.3) is 5.90 Å². The molecule has 0 spiro atoms. The lowest BCUT2D eigenvalue weighted by atomic mass is 9.63. The number of hydrogen-bond donors (Lipinski definition) is 1. The van der Waals surface area contributed by atoms with Gasteiger partial charge in [-0.15, -0.1) is 0 Å². The van der Waals surface area contributed by atoms with E-state index >= 15 is 4.39 Å². The van der Waals surface area contributed by atoms with Crippen molar-refractivity contribution in [3.8, 4) is 0 Å². The van der Waals surface area contributed by atoms with Crippen molar-refractivity contribution in [1.29, 1.82) is 0 Å². The molecule has 204 valence electrons. The normalized spacial score (nSPS) is 19.1. The molecule has 1 aliphatic carbocycles. The van der Waals surface area contributed by atoms with Crippen molar-refractivity contribution in [3.05, 3.63) is 143 Å². The standard InChI is InChI=1S/C34H32FNO4/c35-31-14-8-7-13-30(31)34(21-19-28(20-22-34)33(37)38)29-17-15-27(16-18-29)32(39-23-25-9-3-1-4-10-25)36-40-24-26-11-5-2-6-12-26/h1-18,28H,19-24H2,(H,37,38). The zero-order valence-electron chi connectivity index (χ0n) is 22.2. The summed E-state index contributed by atoms with van der Waals surface area (Å²) in [5, 5.41) is 13.9. The number of aliphatic carboxylic acids is 1. The fourth-order valence-corrected chi connectivity index (χ4v) is 5.48. The van der Waals surface area contributed by atoms with Crippen LogP contribution in [-0.4, -0.2) is 17.0 Å². The van der Waals surface area contributed by atoms with Gasteiger partial charge in [0.2, 0.25) is 0 Å². The molecule has 0 saturated heterocycles. The molecule has 1 N–H and O–H groups in total. The van der Waals surface area contributed by atoms with Crippen molar-refractivity contribution in [2.75, 3.05) is 0 Å². The summed E-state index contributed by atoms with van der Waals surface area (Å²) in [6, 6.07) is 34.2. The Bertz CT molecular complexity index is 1430. The van der Waals surface area contributed by atoms with Gasteiger partial charge in [0.1, 0.15) is 19.0 Å². The lowest BCUT2D eigenvalue weighted by molar-refractivity contribution is -0.143. The van der Waals surface area contributed by atoms with E-state index in [0.29, 0.717) is 50.4 Å². The first-order chi connectivity index (χ1) is 19.5. The van der Waals surface area contributed by atoms with Crippen molar-refractivity contribution >= 4 is 11.9 Å². The van der Waals surface area contributed by atoms with Gasteiger partial charge in [0.05, 0.1) is 5.92 Å². The minimum absolute atomic E-state index is 0.275. The second kappa shape index (κ2) is 12.6. The Morgan fingerprint density at radius 2 is 1.38 bits per heavy atom. The van der Waals surface area contributed by atoms with Gasteiger partial charge < -0.3 is 14.7 Å². The number of hydrogen-bond acceptors (Lipinski definition) is 4. The Kier molecular flexibility index (Phi) is 8.55. The highest BCUT2D eigenvalue weighted by Gasteiger charge is 2.41. The van der Waals surface area contributed by atoms with Crippen LogP contribution in [0.5, 0.6) is 0 Å². The molecule has 4 aromatic carbocycles. The third-order valence-electron chi connectivity index (χ3n) is 7.70. The van der Waals surface area contributed by atoms with Crippen LogP contribution in [-0.2, 0) is 33.0 Å². The number of oxime groups is 1. The smallest absolute Gasteiger partial charge is 0.306 e. The summed E-state index contributed by atoms with van der Waals surface area (Å²) < 4.78 is 21.2. The highest BCUT2D eigenvalue weighted by Crippen LogP contribution is 2.47. The monoisotopic (exact) mass is 537 g/mol. The summed E-state index contributed by atoms with van der Waals surface area (Å²) in [6.07, 6.45) is 2.09. The van der Waals surface area contributed by atoms with E-state index in [-0.39, 0.29) is 5.82 Å². The molecule has 1 fully saturated rings. The predicted molar refractivity (Wildman–Crippen MR) is 152 cm³/mol. The molecule has 0 atom stereocenters. The van der Waals surface area contributed by atoms with Crippen LogP contribution in [0, 0.1) is 11.7 Å². The minimum Gasteiger partial charge on any atom is -0.481 e. The summed E-state index contributed by atoms with van der Waals surface area (Å²) in [5.74, 6) is -1.13. The van der Waals surface area contributed by atoms with Crippen molar-refractivity contribution < 1.29 is 23.9 Å². The van der Waals surface area contributed by atoms with Crippen molar-refractivity contribution in [2.45, 2.75) is 44.3 Å². The Balaban J connectivity index is 1.43. The molecular formula is C34H32FNO4. The van der Waals surface area contributed by atoms with E-state index in [2.05, 4.69) is 5.16 Å². The van der Waals surface area contributed by atoms with Gasteiger partial charge in [-0.25, -0.2) is 4.39 Å². The third-order valence-corrected chi connectivity index (χ3v) is 7.70. The number of benzene rings is 4. The van der Waals surface area contributed by atoms with E-state index in [0.717, 1.165) is 22.3 Å². The fraction of sp³-hybridized carbons (Fsp3) is 0.235. The average Bonchev–Trinajstić information content (AvgIpc) is 3.00. The zero-order chi connectivity index (χ0) is 27.8. The van der Waals surface area contributed by atoms with Gasteiger partial charge in [0, 0.05) is 11.0 Å². The lowest BCUT2D eigenvalue weighted by Crippen LogP contribution is -2.36. The highest BCUT2D eigenvalue weighted by atomic mass is 19.1. The van der Waals surface area contributed by atoms with Gasteiger partial charge in [0.15, 0.2) is 0 Å². The molecule has 0 heterocycles. The predicted octanol–water partition coefficient (Wildman–Crippen LogP) is 7.48. The molecule has 1 saturated carbocycles. The van der Waals surface area contributed by atoms with Crippen LogP contribution in [0.1, 0.15) is 53.5 Å². The largest absolute Gasteiger partial charge is 0.481 e. The summed E-state index contributed by atoms with van der Waals surface area (Å²) >= 11 is 0. The Labute approximate surface area is 233 Å². The molecule has 0 aliphatic heterocycles. The number of carboxylic acid groups (broad SMARTS) is 1. The maximum atomic E-state index is 15.1. The maximum absolute atomic E-state index is 15.1. The first-order valence-corrected chi connectivity index (χ1v) is 13.5. The minimum atomic E-state index is -0.788. The number of rotatable bonds is 9. The molecule has 4 aromatic rings. The van der Waals surface area contributed by atoms with E-state index in [9.17, 15) is 9.90 Å². The van der Waals surface area contributed by atoms with E-state index in [4.69, 9.17) is 9.57 Å². The van der Waals surface area contributed by atoms with E-state index in [1.807, 2.05) is 97.1 Å². The molecule has 6 heteroatoms. The second-order valence-electron chi connectivity index (χ2n) is 10.2. The van der Waals surface area contributed by atoms with Crippen LogP contribution in [0.3, 0.4) is 0 Å². The van der Waals surface area contributed by atoms with E-state index in [1.165, 1.54) is 6.07 Å².